The van der Waals surface area contributed by atoms with Gasteiger partial charge in [0.2, 0.25) is 0 Å². The molecule has 1 atom stereocenters. The van der Waals surface area contributed by atoms with E-state index in [-0.39, 0.29) is 16.3 Å². The molecule has 0 radical (unpaired) electrons. The Bertz CT molecular complexity index is 1470. The monoisotopic (exact) mass is 488 g/mol. The fourth-order valence-electron chi connectivity index (χ4n) is 3.44. The molecular weight excluding hydrogens is 464 g/mol. The molecule has 4 aromatic rings. The number of nitrogen functional groups attached to an aromatic ring is 1. The van der Waals surface area contributed by atoms with Gasteiger partial charge in [0.1, 0.15) is 6.10 Å². The van der Waals surface area contributed by atoms with Gasteiger partial charge in [-0.1, -0.05) is 24.3 Å². The van der Waals surface area contributed by atoms with Gasteiger partial charge in [-0.15, -0.1) is 0 Å². The molecule has 0 saturated carbocycles. The van der Waals surface area contributed by atoms with E-state index < -0.39 is 21.8 Å². The number of nitrogens with zero attached hydrogens (tertiary/aromatic N) is 2. The molecule has 0 unspecified atom stereocenters. The van der Waals surface area contributed by atoms with Crippen LogP contribution in [0.5, 0.6) is 5.75 Å². The zero-order valence-electron chi connectivity index (χ0n) is 19.2. The summed E-state index contributed by atoms with van der Waals surface area (Å²) >= 11 is 0. The van der Waals surface area contributed by atoms with Gasteiger partial charge in [-0.2, -0.15) is 0 Å². The van der Waals surface area contributed by atoms with Crippen molar-refractivity contribution >= 4 is 27.2 Å². The summed E-state index contributed by atoms with van der Waals surface area (Å²) < 4.78 is 29.7. The number of benzene rings is 2. The van der Waals surface area contributed by atoms with Crippen LogP contribution in [0.2, 0.25) is 0 Å². The Balaban J connectivity index is 1.51. The van der Waals surface area contributed by atoms with Crippen LogP contribution in [-0.2, 0) is 9.84 Å². The summed E-state index contributed by atoms with van der Waals surface area (Å²) in [6, 6.07) is 18.7. The Morgan fingerprint density at radius 3 is 2.54 bits per heavy atom. The van der Waals surface area contributed by atoms with Crippen molar-refractivity contribution in [1.29, 1.82) is 0 Å². The van der Waals surface area contributed by atoms with Crippen LogP contribution in [0.15, 0.2) is 90.2 Å². The number of aromatic nitrogens is 2. The minimum Gasteiger partial charge on any atom is -0.482 e. The smallest absolute Gasteiger partial charge is 0.255 e. The summed E-state index contributed by atoms with van der Waals surface area (Å²) in [7, 11) is -3.42. The highest BCUT2D eigenvalue weighted by atomic mass is 32.2. The fraction of sp³-hybridized carbons (Fsp3) is 0.115. The van der Waals surface area contributed by atoms with E-state index in [0.717, 1.165) is 22.9 Å². The highest BCUT2D eigenvalue weighted by Gasteiger charge is 2.15. The first-order valence-corrected chi connectivity index (χ1v) is 12.6. The van der Waals surface area contributed by atoms with Crippen molar-refractivity contribution in [2.24, 2.45) is 0 Å². The van der Waals surface area contributed by atoms with E-state index in [0.29, 0.717) is 11.4 Å². The summed E-state index contributed by atoms with van der Waals surface area (Å²) in [6.45, 7) is 1.87. The lowest BCUT2D eigenvalue weighted by atomic mass is 10.1. The molecule has 0 fully saturated rings. The van der Waals surface area contributed by atoms with Gasteiger partial charge in [-0.05, 0) is 55.0 Å². The van der Waals surface area contributed by atoms with Crippen LogP contribution in [0.4, 0.5) is 11.5 Å². The van der Waals surface area contributed by atoms with E-state index in [2.05, 4.69) is 15.3 Å². The van der Waals surface area contributed by atoms with Gasteiger partial charge in [0.15, 0.2) is 21.4 Å². The molecular formula is C26H24N4O4S. The second kappa shape index (κ2) is 9.94. The number of hydrogen-bond donors (Lipinski definition) is 2. The Morgan fingerprint density at radius 1 is 1.00 bits per heavy atom. The first-order chi connectivity index (χ1) is 16.7. The maximum Gasteiger partial charge on any atom is 0.255 e. The Kier molecular flexibility index (Phi) is 6.79. The number of nitrogens with one attached hydrogen (secondary N) is 1. The molecule has 178 valence electrons. The van der Waals surface area contributed by atoms with Gasteiger partial charge in [-0.25, -0.2) is 13.4 Å². The van der Waals surface area contributed by atoms with E-state index in [4.69, 9.17) is 10.5 Å². The molecule has 1 amide bonds. The Morgan fingerprint density at radius 2 is 1.80 bits per heavy atom. The zero-order chi connectivity index (χ0) is 25.0. The van der Waals surface area contributed by atoms with Crippen molar-refractivity contribution in [2.75, 3.05) is 17.3 Å². The summed E-state index contributed by atoms with van der Waals surface area (Å²) in [5, 5.41) is 2.80. The van der Waals surface area contributed by atoms with E-state index in [1.54, 1.807) is 42.9 Å². The number of nitrogens with two attached hydrogens (primary N) is 1. The third kappa shape index (κ3) is 5.82. The molecule has 2 heterocycles. The van der Waals surface area contributed by atoms with Crippen molar-refractivity contribution in [3.05, 3.63) is 96.4 Å². The second-order valence-electron chi connectivity index (χ2n) is 7.99. The van der Waals surface area contributed by atoms with Crippen LogP contribution in [0.25, 0.3) is 11.1 Å². The molecule has 35 heavy (non-hydrogen) atoms. The first-order valence-electron chi connectivity index (χ1n) is 10.7. The van der Waals surface area contributed by atoms with Crippen LogP contribution in [0.3, 0.4) is 0 Å². The van der Waals surface area contributed by atoms with Crippen molar-refractivity contribution in [1.82, 2.24) is 9.97 Å². The van der Waals surface area contributed by atoms with Gasteiger partial charge in [0.05, 0.1) is 4.90 Å². The highest BCUT2D eigenvalue weighted by molar-refractivity contribution is 7.90. The SMILES string of the molecule is C[C@@H](Oc1cc(-c2cccnc2)cnc1N)c1cccc(NC(=O)c2cccc(S(C)(=O)=O)c2)c1. The maximum atomic E-state index is 12.7. The van der Waals surface area contributed by atoms with Gasteiger partial charge in [0, 0.05) is 47.2 Å². The molecule has 0 aliphatic rings. The molecule has 4 rings (SSSR count). The highest BCUT2D eigenvalue weighted by Crippen LogP contribution is 2.31. The van der Waals surface area contributed by atoms with Crippen LogP contribution < -0.4 is 15.8 Å². The molecule has 0 bridgehead atoms. The second-order valence-corrected chi connectivity index (χ2v) is 10.0. The van der Waals surface area contributed by atoms with Crippen LogP contribution in [0, 0.1) is 0 Å². The van der Waals surface area contributed by atoms with Crippen molar-refractivity contribution in [3.63, 3.8) is 0 Å². The first kappa shape index (κ1) is 23.9. The average Bonchev–Trinajstić information content (AvgIpc) is 2.85. The number of carbonyl (C=O) groups is 1. The Labute approximate surface area is 203 Å². The summed E-state index contributed by atoms with van der Waals surface area (Å²) in [6.07, 6.45) is 5.80. The average molecular weight is 489 g/mol. The molecule has 0 saturated heterocycles. The summed E-state index contributed by atoms with van der Waals surface area (Å²) in [5.74, 6) is 0.282. The lowest BCUT2D eigenvalue weighted by molar-refractivity contribution is 0.102. The lowest BCUT2D eigenvalue weighted by Gasteiger charge is -2.18. The van der Waals surface area contributed by atoms with Crippen molar-refractivity contribution < 1.29 is 17.9 Å². The Hall–Kier alpha value is -4.24. The number of pyridine rings is 2. The van der Waals surface area contributed by atoms with Gasteiger partial charge in [0.25, 0.3) is 5.91 Å². The lowest BCUT2D eigenvalue weighted by Crippen LogP contribution is -2.13. The minimum absolute atomic E-state index is 0.0839. The normalized spacial score (nSPS) is 12.1. The van der Waals surface area contributed by atoms with Crippen LogP contribution >= 0.6 is 0 Å². The van der Waals surface area contributed by atoms with Gasteiger partial charge < -0.3 is 15.8 Å². The molecule has 0 spiro atoms. The number of anilines is 2. The number of ether oxygens (including phenoxy) is 1. The third-order valence-electron chi connectivity index (χ3n) is 5.32. The quantitative estimate of drug-likeness (QED) is 0.392. The number of amides is 1. The predicted molar refractivity (Wildman–Crippen MR) is 135 cm³/mol. The van der Waals surface area contributed by atoms with E-state index in [1.165, 1.54) is 18.2 Å². The number of carbonyl (C=O) groups excluding carboxylic acids is 1. The van der Waals surface area contributed by atoms with Gasteiger partial charge >= 0.3 is 0 Å². The zero-order valence-corrected chi connectivity index (χ0v) is 20.0. The number of hydrogen-bond acceptors (Lipinski definition) is 7. The topological polar surface area (TPSA) is 124 Å². The molecule has 9 heteroatoms. The molecule has 2 aromatic carbocycles. The minimum atomic E-state index is -3.42. The third-order valence-corrected chi connectivity index (χ3v) is 6.43. The molecule has 0 aliphatic carbocycles. The predicted octanol–water partition coefficient (Wildman–Crippen LogP) is 4.52. The van der Waals surface area contributed by atoms with E-state index in [1.807, 2.05) is 31.2 Å². The van der Waals surface area contributed by atoms with E-state index >= 15 is 0 Å². The van der Waals surface area contributed by atoms with Crippen LogP contribution in [0.1, 0.15) is 28.9 Å². The maximum absolute atomic E-state index is 12.7. The van der Waals surface area contributed by atoms with Crippen molar-refractivity contribution in [2.45, 2.75) is 17.9 Å². The number of sulfone groups is 1. The fourth-order valence-corrected chi connectivity index (χ4v) is 4.11. The largest absolute Gasteiger partial charge is 0.482 e. The standard InChI is InChI=1S/C26H24N4O4S/c1-17(34-24-14-21(16-29-25(24)27)20-8-5-11-28-15-20)18-6-3-9-22(12-18)30-26(31)19-7-4-10-23(13-19)35(2,32)33/h3-17H,1-2H3,(H2,27,29)(H,30,31)/t17-/m1/s1. The molecule has 3 N–H and O–H groups in total. The summed E-state index contributed by atoms with van der Waals surface area (Å²) in [4.78, 5) is 21.2. The van der Waals surface area contributed by atoms with Crippen molar-refractivity contribution in [3.8, 4) is 16.9 Å². The molecule has 0 aliphatic heterocycles. The van der Waals surface area contributed by atoms with E-state index in [9.17, 15) is 13.2 Å². The van der Waals surface area contributed by atoms with Crippen LogP contribution in [-0.4, -0.2) is 30.5 Å². The van der Waals surface area contributed by atoms with Gasteiger partial charge in [-0.3, -0.25) is 9.78 Å². The number of rotatable bonds is 7. The summed E-state index contributed by atoms with van der Waals surface area (Å²) in [5.41, 5.74) is 9.35. The molecule has 2 aromatic heterocycles. The molecule has 8 nitrogen and oxygen atoms in total.